The average molecular weight is 423 g/mol. The van der Waals surface area contributed by atoms with E-state index in [1.165, 1.54) is 0 Å². The minimum absolute atomic E-state index is 0.0614. The predicted molar refractivity (Wildman–Crippen MR) is 123 cm³/mol. The summed E-state index contributed by atoms with van der Waals surface area (Å²) in [5.41, 5.74) is 2.39. The molecular formula is C25H34N4O2. The van der Waals surface area contributed by atoms with Crippen LogP contribution in [0.4, 0.5) is 0 Å². The number of likely N-dealkylation sites (tertiary alicyclic amines) is 2. The second-order valence-corrected chi connectivity index (χ2v) is 9.33. The Labute approximate surface area is 185 Å². The van der Waals surface area contributed by atoms with Crippen molar-refractivity contribution in [3.8, 4) is 0 Å². The van der Waals surface area contributed by atoms with Crippen molar-refractivity contribution < 1.29 is 9.59 Å². The first-order chi connectivity index (χ1) is 14.9. The zero-order chi connectivity index (χ0) is 22.0. The zero-order valence-corrected chi connectivity index (χ0v) is 19.0. The molecule has 2 aliphatic heterocycles. The summed E-state index contributed by atoms with van der Waals surface area (Å²) >= 11 is 0. The van der Waals surface area contributed by atoms with Gasteiger partial charge in [-0.3, -0.25) is 14.6 Å². The molecule has 2 aliphatic rings. The molecule has 6 heteroatoms. The summed E-state index contributed by atoms with van der Waals surface area (Å²) < 4.78 is 0. The van der Waals surface area contributed by atoms with Crippen molar-refractivity contribution in [2.75, 3.05) is 40.3 Å². The van der Waals surface area contributed by atoms with Gasteiger partial charge in [0.1, 0.15) is 0 Å². The largest absolute Gasteiger partial charge is 0.343 e. The third kappa shape index (κ3) is 4.90. The molecule has 1 aromatic carbocycles. The van der Waals surface area contributed by atoms with Crippen molar-refractivity contribution in [2.24, 2.45) is 5.92 Å². The van der Waals surface area contributed by atoms with Gasteiger partial charge in [0.15, 0.2) is 0 Å². The summed E-state index contributed by atoms with van der Waals surface area (Å²) in [6, 6.07) is 10.5. The molecule has 6 nitrogen and oxygen atoms in total. The summed E-state index contributed by atoms with van der Waals surface area (Å²) in [6.07, 6.45) is 4.53. The van der Waals surface area contributed by atoms with Gasteiger partial charge in [0.2, 0.25) is 5.91 Å². The minimum atomic E-state index is 0.0614. The van der Waals surface area contributed by atoms with Crippen LogP contribution in [-0.2, 0) is 4.79 Å². The molecule has 0 unspecified atom stereocenters. The smallest absolute Gasteiger partial charge is 0.255 e. The lowest BCUT2D eigenvalue weighted by molar-refractivity contribution is -0.134. The monoisotopic (exact) mass is 422 g/mol. The van der Waals surface area contributed by atoms with Crippen molar-refractivity contribution in [3.05, 3.63) is 41.6 Å². The summed E-state index contributed by atoms with van der Waals surface area (Å²) in [7, 11) is 4.24. The fraction of sp³-hybridized carbons (Fsp3) is 0.560. The molecule has 2 amide bonds. The maximum Gasteiger partial charge on any atom is 0.255 e. The number of pyridine rings is 1. The van der Waals surface area contributed by atoms with Crippen molar-refractivity contribution in [2.45, 2.75) is 45.1 Å². The molecule has 166 valence electrons. The van der Waals surface area contributed by atoms with E-state index in [-0.39, 0.29) is 11.8 Å². The molecule has 0 radical (unpaired) electrons. The van der Waals surface area contributed by atoms with Gasteiger partial charge < -0.3 is 14.7 Å². The van der Waals surface area contributed by atoms with Crippen molar-refractivity contribution in [1.82, 2.24) is 19.7 Å². The number of fused-ring (bicyclic) bond motifs is 1. The molecule has 0 atom stereocenters. The van der Waals surface area contributed by atoms with Crippen molar-refractivity contribution >= 4 is 22.7 Å². The second kappa shape index (κ2) is 9.35. The number of piperidine rings is 2. The van der Waals surface area contributed by atoms with Crippen LogP contribution in [0.25, 0.3) is 10.9 Å². The Kier molecular flexibility index (Phi) is 6.56. The van der Waals surface area contributed by atoms with Crippen LogP contribution < -0.4 is 0 Å². The third-order valence-corrected chi connectivity index (χ3v) is 7.06. The fourth-order valence-corrected chi connectivity index (χ4v) is 4.95. The Hall–Kier alpha value is -2.47. The van der Waals surface area contributed by atoms with E-state index in [2.05, 4.69) is 24.0 Å². The number of hydrogen-bond acceptors (Lipinski definition) is 4. The normalized spacial score (nSPS) is 18.7. The lowest BCUT2D eigenvalue weighted by Crippen LogP contribution is -2.45. The number of aromatic nitrogens is 1. The number of benzene rings is 1. The van der Waals surface area contributed by atoms with Gasteiger partial charge in [-0.2, -0.15) is 0 Å². The van der Waals surface area contributed by atoms with E-state index < -0.39 is 0 Å². The second-order valence-electron chi connectivity index (χ2n) is 9.33. The molecule has 2 fully saturated rings. The van der Waals surface area contributed by atoms with Crippen LogP contribution >= 0.6 is 0 Å². The van der Waals surface area contributed by atoms with E-state index in [0.29, 0.717) is 37.0 Å². The van der Waals surface area contributed by atoms with Gasteiger partial charge in [-0.25, -0.2) is 0 Å². The number of amides is 2. The van der Waals surface area contributed by atoms with Crippen LogP contribution in [0.5, 0.6) is 0 Å². The van der Waals surface area contributed by atoms with Gasteiger partial charge in [0.25, 0.3) is 5.91 Å². The maximum absolute atomic E-state index is 13.1. The summed E-state index contributed by atoms with van der Waals surface area (Å²) in [5.74, 6) is 0.724. The molecule has 0 saturated carbocycles. The van der Waals surface area contributed by atoms with E-state index >= 15 is 0 Å². The first-order valence-corrected chi connectivity index (χ1v) is 11.5. The lowest BCUT2D eigenvalue weighted by atomic mass is 9.92. The van der Waals surface area contributed by atoms with Crippen molar-refractivity contribution in [3.63, 3.8) is 0 Å². The first kappa shape index (κ1) is 21.8. The summed E-state index contributed by atoms with van der Waals surface area (Å²) in [6.45, 7) is 5.07. The van der Waals surface area contributed by atoms with E-state index in [4.69, 9.17) is 0 Å². The Bertz CT molecular complexity index is 942. The molecular weight excluding hydrogens is 388 g/mol. The van der Waals surface area contributed by atoms with Gasteiger partial charge in [-0.1, -0.05) is 18.2 Å². The molecule has 0 spiro atoms. The fourth-order valence-electron chi connectivity index (χ4n) is 4.95. The first-order valence-electron chi connectivity index (χ1n) is 11.5. The topological polar surface area (TPSA) is 56.8 Å². The number of para-hydroxylation sites is 1. The summed E-state index contributed by atoms with van der Waals surface area (Å²) in [4.78, 5) is 36.8. The maximum atomic E-state index is 13.1. The van der Waals surface area contributed by atoms with Gasteiger partial charge in [0, 0.05) is 44.0 Å². The van der Waals surface area contributed by atoms with Gasteiger partial charge in [0.05, 0.1) is 16.8 Å². The lowest BCUT2D eigenvalue weighted by Gasteiger charge is -2.37. The molecule has 1 aromatic heterocycles. The predicted octanol–water partition coefficient (Wildman–Crippen LogP) is 3.34. The van der Waals surface area contributed by atoms with Gasteiger partial charge in [-0.05, 0) is 64.8 Å². The van der Waals surface area contributed by atoms with E-state index in [1.807, 2.05) is 47.1 Å². The zero-order valence-electron chi connectivity index (χ0n) is 19.0. The molecule has 31 heavy (non-hydrogen) atoms. The summed E-state index contributed by atoms with van der Waals surface area (Å²) in [5, 5.41) is 0.995. The highest BCUT2D eigenvalue weighted by atomic mass is 16.2. The number of aryl methyl sites for hydroxylation is 1. The number of carbonyl (C=O) groups excluding carboxylic acids is 2. The quantitative estimate of drug-likeness (QED) is 0.758. The number of rotatable bonds is 4. The highest BCUT2D eigenvalue weighted by Gasteiger charge is 2.29. The molecule has 3 heterocycles. The molecule has 4 rings (SSSR count). The van der Waals surface area contributed by atoms with Crippen molar-refractivity contribution in [1.29, 1.82) is 0 Å². The van der Waals surface area contributed by atoms with Gasteiger partial charge in [-0.15, -0.1) is 0 Å². The number of nitrogens with zero attached hydrogens (tertiary/aromatic N) is 4. The van der Waals surface area contributed by atoms with Crippen LogP contribution in [0.15, 0.2) is 30.3 Å². The van der Waals surface area contributed by atoms with Crippen LogP contribution in [-0.4, -0.2) is 77.8 Å². The van der Waals surface area contributed by atoms with E-state index in [1.54, 1.807) is 0 Å². The van der Waals surface area contributed by atoms with Crippen LogP contribution in [0, 0.1) is 12.8 Å². The minimum Gasteiger partial charge on any atom is -0.343 e. The molecule has 0 aliphatic carbocycles. The SMILES string of the molecule is Cc1nc2ccccc2cc1C(=O)N1CCC(CC(=O)N2CCC(N(C)C)CC2)CC1. The molecule has 0 bridgehead atoms. The van der Waals surface area contributed by atoms with E-state index in [9.17, 15) is 9.59 Å². The van der Waals surface area contributed by atoms with E-state index in [0.717, 1.165) is 55.4 Å². The van der Waals surface area contributed by atoms with Gasteiger partial charge >= 0.3 is 0 Å². The Morgan fingerprint density at radius 3 is 2.32 bits per heavy atom. The highest BCUT2D eigenvalue weighted by molar-refractivity contribution is 5.98. The standard InChI is InChI=1S/C25H34N4O2/c1-18-22(17-20-6-4-5-7-23(20)26-18)25(31)29-12-8-19(9-13-29)16-24(30)28-14-10-21(11-15-28)27(2)3/h4-7,17,19,21H,8-16H2,1-3H3. The molecule has 2 saturated heterocycles. The highest BCUT2D eigenvalue weighted by Crippen LogP contribution is 2.25. The van der Waals surface area contributed by atoms with Crippen LogP contribution in [0.2, 0.25) is 0 Å². The molecule has 0 N–H and O–H groups in total. The third-order valence-electron chi connectivity index (χ3n) is 7.06. The Morgan fingerprint density at radius 1 is 1.00 bits per heavy atom. The average Bonchev–Trinajstić information content (AvgIpc) is 2.78. The number of hydrogen-bond donors (Lipinski definition) is 0. The molecule has 2 aromatic rings. The Balaban J connectivity index is 1.30. The Morgan fingerprint density at radius 2 is 1.65 bits per heavy atom. The van der Waals surface area contributed by atoms with Crippen LogP contribution in [0.1, 0.15) is 48.2 Å². The van der Waals surface area contributed by atoms with Crippen LogP contribution in [0.3, 0.4) is 0 Å². The number of carbonyl (C=O) groups is 2.